The Balaban J connectivity index is 2.61. The fraction of sp³-hybridized carbons (Fsp3) is 0. The van der Waals surface area contributed by atoms with Crippen LogP contribution in [0.25, 0.3) is 5.82 Å². The first-order valence-corrected chi connectivity index (χ1v) is 4.34. The van der Waals surface area contributed by atoms with Crippen molar-refractivity contribution in [2.24, 2.45) is 0 Å². The second kappa shape index (κ2) is 3.66. The fourth-order valence-electron chi connectivity index (χ4n) is 1.14. The molecule has 2 aromatic rings. The molecule has 76 valence electrons. The predicted octanol–water partition coefficient (Wildman–Crippen LogP) is 1.83. The molecule has 15 heavy (non-hydrogen) atoms. The van der Waals surface area contributed by atoms with Gasteiger partial charge in [0.1, 0.15) is 6.33 Å². The van der Waals surface area contributed by atoms with Crippen molar-refractivity contribution in [1.82, 2.24) is 14.5 Å². The van der Waals surface area contributed by atoms with Crippen LogP contribution in [-0.2, 0) is 0 Å². The Hall–Kier alpha value is -1.95. The molecule has 0 atom stereocenters. The molecule has 0 unspecified atom stereocenters. The number of halogens is 1. The van der Waals surface area contributed by atoms with Crippen LogP contribution >= 0.6 is 11.6 Å². The zero-order valence-electron chi connectivity index (χ0n) is 7.37. The van der Waals surface area contributed by atoms with Crippen molar-refractivity contribution in [3.8, 4) is 5.82 Å². The quantitative estimate of drug-likeness (QED) is 0.576. The Labute approximate surface area is 89.3 Å². The van der Waals surface area contributed by atoms with Crippen LogP contribution in [0.4, 0.5) is 5.69 Å². The smallest absolute Gasteiger partial charge is 0.285 e. The topological polar surface area (TPSA) is 73.8 Å². The van der Waals surface area contributed by atoms with Gasteiger partial charge in [-0.15, -0.1) is 0 Å². The average Bonchev–Trinajstić information content (AvgIpc) is 2.70. The van der Waals surface area contributed by atoms with Gasteiger partial charge < -0.3 is 0 Å². The van der Waals surface area contributed by atoms with E-state index in [-0.39, 0.29) is 16.5 Å². The molecule has 0 radical (unpaired) electrons. The van der Waals surface area contributed by atoms with Crippen LogP contribution in [0, 0.1) is 10.1 Å². The van der Waals surface area contributed by atoms with E-state index in [0.717, 1.165) is 0 Å². The fourth-order valence-corrected chi connectivity index (χ4v) is 1.29. The van der Waals surface area contributed by atoms with Gasteiger partial charge in [-0.1, -0.05) is 11.6 Å². The molecule has 7 heteroatoms. The van der Waals surface area contributed by atoms with Crippen molar-refractivity contribution >= 4 is 17.3 Å². The summed E-state index contributed by atoms with van der Waals surface area (Å²) in [4.78, 5) is 17.9. The summed E-state index contributed by atoms with van der Waals surface area (Å²) in [7, 11) is 0. The molecule has 0 aliphatic rings. The molecule has 0 N–H and O–H groups in total. The Morgan fingerprint density at radius 3 is 2.93 bits per heavy atom. The average molecular weight is 225 g/mol. The molecule has 0 aliphatic heterocycles. The summed E-state index contributed by atoms with van der Waals surface area (Å²) in [5.41, 5.74) is -0.152. The van der Waals surface area contributed by atoms with E-state index in [4.69, 9.17) is 11.6 Å². The third-order valence-corrected chi connectivity index (χ3v) is 1.97. The monoisotopic (exact) mass is 224 g/mol. The van der Waals surface area contributed by atoms with Crippen LogP contribution in [0.2, 0.25) is 5.02 Å². The number of rotatable bonds is 2. The normalized spacial score (nSPS) is 10.2. The van der Waals surface area contributed by atoms with Gasteiger partial charge in [-0.2, -0.15) is 0 Å². The molecule has 0 aliphatic carbocycles. The van der Waals surface area contributed by atoms with Crippen molar-refractivity contribution in [2.75, 3.05) is 0 Å². The number of aromatic nitrogens is 3. The summed E-state index contributed by atoms with van der Waals surface area (Å²) < 4.78 is 1.45. The maximum Gasteiger partial charge on any atom is 0.313 e. The van der Waals surface area contributed by atoms with Crippen LogP contribution in [0.3, 0.4) is 0 Å². The zero-order chi connectivity index (χ0) is 10.8. The van der Waals surface area contributed by atoms with E-state index >= 15 is 0 Å². The van der Waals surface area contributed by atoms with E-state index in [1.54, 1.807) is 6.20 Å². The van der Waals surface area contributed by atoms with Gasteiger partial charge in [-0.05, 0) is 0 Å². The van der Waals surface area contributed by atoms with Crippen molar-refractivity contribution < 1.29 is 4.92 Å². The number of nitro groups is 1. The highest BCUT2D eigenvalue weighted by Crippen LogP contribution is 2.23. The molecule has 6 nitrogen and oxygen atoms in total. The van der Waals surface area contributed by atoms with Crippen LogP contribution < -0.4 is 0 Å². The minimum Gasteiger partial charge on any atom is -0.285 e. The summed E-state index contributed by atoms with van der Waals surface area (Å²) in [6.45, 7) is 0. The van der Waals surface area contributed by atoms with Crippen LogP contribution in [0.15, 0.2) is 31.0 Å². The van der Waals surface area contributed by atoms with Crippen molar-refractivity contribution in [2.45, 2.75) is 0 Å². The number of hydrogen-bond acceptors (Lipinski definition) is 4. The van der Waals surface area contributed by atoms with E-state index in [1.165, 1.54) is 29.4 Å². The molecule has 2 heterocycles. The SMILES string of the molecule is O=[N+]([O-])c1cc(Cl)cnc1-n1ccnc1. The Bertz CT molecular complexity index is 497. The molecule has 2 rings (SSSR count). The van der Waals surface area contributed by atoms with Gasteiger partial charge in [0, 0.05) is 24.7 Å². The molecule has 0 amide bonds. The molecule has 0 spiro atoms. The van der Waals surface area contributed by atoms with E-state index in [1.807, 2.05) is 0 Å². The number of hydrogen-bond donors (Lipinski definition) is 0. The minimum atomic E-state index is -0.534. The summed E-state index contributed by atoms with van der Waals surface area (Å²) in [6, 6.07) is 1.25. The molecule has 0 saturated carbocycles. The first kappa shape index (κ1) is 9.60. The Kier molecular flexibility index (Phi) is 2.34. The van der Waals surface area contributed by atoms with Gasteiger partial charge in [-0.25, -0.2) is 9.97 Å². The molecule has 0 fully saturated rings. The minimum absolute atomic E-state index is 0.152. The summed E-state index contributed by atoms with van der Waals surface area (Å²) >= 11 is 5.63. The predicted molar refractivity (Wildman–Crippen MR) is 53.0 cm³/mol. The lowest BCUT2D eigenvalue weighted by molar-refractivity contribution is -0.384. The second-order valence-electron chi connectivity index (χ2n) is 2.72. The van der Waals surface area contributed by atoms with Gasteiger partial charge in [0.05, 0.1) is 9.95 Å². The van der Waals surface area contributed by atoms with E-state index in [9.17, 15) is 10.1 Å². The van der Waals surface area contributed by atoms with Gasteiger partial charge in [0.15, 0.2) is 0 Å². The summed E-state index contributed by atoms with van der Waals surface area (Å²) in [6.07, 6.45) is 5.87. The maximum absolute atomic E-state index is 10.7. The lowest BCUT2D eigenvalue weighted by atomic mass is 10.4. The largest absolute Gasteiger partial charge is 0.313 e. The third-order valence-electron chi connectivity index (χ3n) is 1.76. The van der Waals surface area contributed by atoms with Gasteiger partial charge in [0.25, 0.3) is 0 Å². The lowest BCUT2D eigenvalue weighted by Gasteiger charge is -2.01. The highest BCUT2D eigenvalue weighted by Gasteiger charge is 2.16. The molecular weight excluding hydrogens is 220 g/mol. The van der Waals surface area contributed by atoms with Crippen LogP contribution in [0.1, 0.15) is 0 Å². The Morgan fingerprint density at radius 2 is 2.33 bits per heavy atom. The van der Waals surface area contributed by atoms with Gasteiger partial charge in [-0.3, -0.25) is 14.7 Å². The van der Waals surface area contributed by atoms with Crippen molar-refractivity contribution in [3.63, 3.8) is 0 Å². The molecular formula is C8H5ClN4O2. The zero-order valence-corrected chi connectivity index (χ0v) is 8.13. The van der Waals surface area contributed by atoms with E-state index < -0.39 is 4.92 Å². The summed E-state index contributed by atoms with van der Waals surface area (Å²) in [5, 5.41) is 11.0. The molecule has 0 bridgehead atoms. The first-order chi connectivity index (χ1) is 7.18. The number of imidazole rings is 1. The highest BCUT2D eigenvalue weighted by molar-refractivity contribution is 6.30. The van der Waals surface area contributed by atoms with Crippen LogP contribution in [-0.4, -0.2) is 19.5 Å². The standard InChI is InChI=1S/C8H5ClN4O2/c9-6-3-7(13(14)15)8(11-4-6)12-2-1-10-5-12/h1-5H. The van der Waals surface area contributed by atoms with E-state index in [2.05, 4.69) is 9.97 Å². The molecule has 2 aromatic heterocycles. The number of nitrogens with zero attached hydrogens (tertiary/aromatic N) is 4. The summed E-state index contributed by atoms with van der Waals surface area (Å²) in [5.74, 6) is 0.196. The van der Waals surface area contributed by atoms with Gasteiger partial charge in [0.2, 0.25) is 5.82 Å². The van der Waals surface area contributed by atoms with Gasteiger partial charge >= 0.3 is 5.69 Å². The van der Waals surface area contributed by atoms with E-state index in [0.29, 0.717) is 0 Å². The Morgan fingerprint density at radius 1 is 1.53 bits per heavy atom. The highest BCUT2D eigenvalue weighted by atomic mass is 35.5. The second-order valence-corrected chi connectivity index (χ2v) is 3.16. The van der Waals surface area contributed by atoms with Crippen LogP contribution in [0.5, 0.6) is 0 Å². The molecule has 0 saturated heterocycles. The van der Waals surface area contributed by atoms with Crippen molar-refractivity contribution in [3.05, 3.63) is 46.1 Å². The molecule has 0 aromatic carbocycles. The van der Waals surface area contributed by atoms with Crippen molar-refractivity contribution in [1.29, 1.82) is 0 Å². The first-order valence-electron chi connectivity index (χ1n) is 3.97. The number of pyridine rings is 1. The maximum atomic E-state index is 10.7. The third kappa shape index (κ3) is 1.79. The lowest BCUT2D eigenvalue weighted by Crippen LogP contribution is -2.00.